The van der Waals surface area contributed by atoms with Gasteiger partial charge in [-0.1, -0.05) is 6.07 Å². The first-order valence-corrected chi connectivity index (χ1v) is 8.54. The number of amides is 2. The molecular formula is C20H18N2O6. The van der Waals surface area contributed by atoms with Crippen LogP contribution in [0.25, 0.3) is 0 Å². The Morgan fingerprint density at radius 1 is 1.11 bits per heavy atom. The number of anilines is 2. The Balaban J connectivity index is 1.57. The monoisotopic (exact) mass is 382 g/mol. The van der Waals surface area contributed by atoms with Crippen LogP contribution in [0.5, 0.6) is 5.75 Å². The van der Waals surface area contributed by atoms with Gasteiger partial charge in [0.05, 0.1) is 18.4 Å². The third kappa shape index (κ3) is 4.53. The van der Waals surface area contributed by atoms with E-state index in [2.05, 4.69) is 15.4 Å². The number of esters is 1. The Hall–Kier alpha value is -3.68. The highest BCUT2D eigenvalue weighted by atomic mass is 16.5. The summed E-state index contributed by atoms with van der Waals surface area (Å²) in [4.78, 5) is 47.4. The van der Waals surface area contributed by atoms with Crippen LogP contribution in [0, 0.1) is 0 Å². The third-order valence-electron chi connectivity index (χ3n) is 4.08. The van der Waals surface area contributed by atoms with Crippen molar-refractivity contribution in [2.75, 3.05) is 24.4 Å². The van der Waals surface area contributed by atoms with Crippen molar-refractivity contribution < 1.29 is 28.7 Å². The first kappa shape index (κ1) is 19.1. The summed E-state index contributed by atoms with van der Waals surface area (Å²) in [5, 5.41) is 5.29. The number of hydrogen-bond donors (Lipinski definition) is 2. The molecule has 2 aromatic carbocycles. The SMILES string of the molecule is COC(=O)c1cccc(NC(=O)CCC(=O)c2ccc3c(c2)NC(=O)CO3)c1. The van der Waals surface area contributed by atoms with Gasteiger partial charge in [0.2, 0.25) is 5.91 Å². The van der Waals surface area contributed by atoms with Gasteiger partial charge in [-0.3, -0.25) is 14.4 Å². The smallest absolute Gasteiger partial charge is 0.337 e. The molecule has 0 unspecified atom stereocenters. The average Bonchev–Trinajstić information content (AvgIpc) is 2.71. The highest BCUT2D eigenvalue weighted by molar-refractivity contribution is 6.03. The molecule has 144 valence electrons. The van der Waals surface area contributed by atoms with E-state index in [0.29, 0.717) is 28.3 Å². The van der Waals surface area contributed by atoms with Crippen LogP contribution in [0.4, 0.5) is 11.4 Å². The van der Waals surface area contributed by atoms with Crippen LogP contribution in [-0.4, -0.2) is 37.3 Å². The van der Waals surface area contributed by atoms with Crippen LogP contribution >= 0.6 is 0 Å². The summed E-state index contributed by atoms with van der Waals surface area (Å²) in [5.74, 6) is -0.883. The lowest BCUT2D eigenvalue weighted by atomic mass is 10.0. The number of ether oxygens (including phenoxy) is 2. The molecule has 0 radical (unpaired) electrons. The molecule has 28 heavy (non-hydrogen) atoms. The molecule has 0 aliphatic carbocycles. The standard InChI is InChI=1S/C20H18N2O6/c1-27-20(26)13-3-2-4-14(9-13)21-18(24)8-6-16(23)12-5-7-17-15(10-12)22-19(25)11-28-17/h2-5,7,9-10H,6,8,11H2,1H3,(H,21,24)(H,22,25). The van der Waals surface area contributed by atoms with Crippen molar-refractivity contribution in [1.29, 1.82) is 0 Å². The van der Waals surface area contributed by atoms with Gasteiger partial charge in [-0.05, 0) is 36.4 Å². The summed E-state index contributed by atoms with van der Waals surface area (Å²) in [7, 11) is 1.28. The minimum absolute atomic E-state index is 0.00385. The van der Waals surface area contributed by atoms with Crippen LogP contribution in [0.2, 0.25) is 0 Å². The summed E-state index contributed by atoms with van der Waals surface area (Å²) < 4.78 is 9.89. The molecule has 8 nitrogen and oxygen atoms in total. The molecule has 1 aliphatic heterocycles. The van der Waals surface area contributed by atoms with Crippen LogP contribution in [0.1, 0.15) is 33.6 Å². The van der Waals surface area contributed by atoms with Crippen LogP contribution < -0.4 is 15.4 Å². The Bertz CT molecular complexity index is 953. The molecule has 2 amide bonds. The Morgan fingerprint density at radius 2 is 1.93 bits per heavy atom. The lowest BCUT2D eigenvalue weighted by Crippen LogP contribution is -2.25. The fourth-order valence-corrected chi connectivity index (χ4v) is 2.69. The lowest BCUT2D eigenvalue weighted by molar-refractivity contribution is -0.118. The van der Waals surface area contributed by atoms with Gasteiger partial charge >= 0.3 is 5.97 Å². The second kappa shape index (κ2) is 8.34. The normalized spacial score (nSPS) is 12.2. The van der Waals surface area contributed by atoms with Crippen LogP contribution in [0.15, 0.2) is 42.5 Å². The molecule has 0 saturated heterocycles. The summed E-state index contributed by atoms with van der Waals surface area (Å²) in [6.45, 7) is -0.0579. The van der Waals surface area contributed by atoms with Gasteiger partial charge in [0.15, 0.2) is 12.4 Å². The van der Waals surface area contributed by atoms with Gasteiger partial charge in [0.25, 0.3) is 5.91 Å². The van der Waals surface area contributed by atoms with Crippen molar-refractivity contribution >= 4 is 34.9 Å². The van der Waals surface area contributed by atoms with Gasteiger partial charge < -0.3 is 20.1 Å². The van der Waals surface area contributed by atoms with Crippen molar-refractivity contribution in [2.24, 2.45) is 0 Å². The Labute approximate surface area is 160 Å². The molecule has 0 aromatic heterocycles. The number of carbonyl (C=O) groups excluding carboxylic acids is 4. The van der Waals surface area contributed by atoms with Gasteiger partial charge in [-0.2, -0.15) is 0 Å². The van der Waals surface area contributed by atoms with Gasteiger partial charge in [-0.25, -0.2) is 4.79 Å². The molecule has 2 N–H and O–H groups in total. The fraction of sp³-hybridized carbons (Fsp3) is 0.200. The summed E-state index contributed by atoms with van der Waals surface area (Å²) in [6.07, 6.45) is -0.0304. The zero-order chi connectivity index (χ0) is 20.1. The highest BCUT2D eigenvalue weighted by Gasteiger charge is 2.18. The number of nitrogens with one attached hydrogen (secondary N) is 2. The fourth-order valence-electron chi connectivity index (χ4n) is 2.69. The zero-order valence-corrected chi connectivity index (χ0v) is 15.1. The Kier molecular flexibility index (Phi) is 5.69. The van der Waals surface area contributed by atoms with Gasteiger partial charge in [-0.15, -0.1) is 0 Å². The predicted octanol–water partition coefficient (Wildman–Crippen LogP) is 2.41. The van der Waals surface area contributed by atoms with Crippen molar-refractivity contribution in [3.63, 3.8) is 0 Å². The summed E-state index contributed by atoms with van der Waals surface area (Å²) in [5.41, 5.74) is 1.57. The van der Waals surface area contributed by atoms with E-state index in [-0.39, 0.29) is 37.0 Å². The van der Waals surface area contributed by atoms with Crippen LogP contribution in [0.3, 0.4) is 0 Å². The van der Waals surface area contributed by atoms with E-state index < -0.39 is 5.97 Å². The van der Waals surface area contributed by atoms with E-state index in [9.17, 15) is 19.2 Å². The zero-order valence-electron chi connectivity index (χ0n) is 15.1. The van der Waals surface area contributed by atoms with E-state index in [0.717, 1.165) is 0 Å². The molecule has 0 atom stereocenters. The molecule has 1 aliphatic rings. The maximum absolute atomic E-state index is 12.4. The second-order valence-corrected chi connectivity index (χ2v) is 6.09. The van der Waals surface area contributed by atoms with Crippen LogP contribution in [-0.2, 0) is 14.3 Å². The number of rotatable bonds is 6. The number of hydrogen-bond acceptors (Lipinski definition) is 6. The van der Waals surface area contributed by atoms with E-state index in [1.54, 1.807) is 30.3 Å². The van der Waals surface area contributed by atoms with E-state index in [4.69, 9.17) is 4.74 Å². The highest BCUT2D eigenvalue weighted by Crippen LogP contribution is 2.29. The van der Waals surface area contributed by atoms with Crippen molar-refractivity contribution in [3.8, 4) is 5.75 Å². The largest absolute Gasteiger partial charge is 0.482 e. The molecule has 8 heteroatoms. The lowest BCUT2D eigenvalue weighted by Gasteiger charge is -2.18. The first-order chi connectivity index (χ1) is 13.5. The summed E-state index contributed by atoms with van der Waals surface area (Å²) in [6, 6.07) is 11.1. The average molecular weight is 382 g/mol. The van der Waals surface area contributed by atoms with Crippen molar-refractivity contribution in [2.45, 2.75) is 12.8 Å². The molecule has 1 heterocycles. The number of methoxy groups -OCH3 is 1. The van der Waals surface area contributed by atoms with Crippen molar-refractivity contribution in [1.82, 2.24) is 0 Å². The number of ketones is 1. The number of carbonyl (C=O) groups is 4. The van der Waals surface area contributed by atoms with E-state index in [1.807, 2.05) is 0 Å². The van der Waals surface area contributed by atoms with Gasteiger partial charge in [0, 0.05) is 24.1 Å². The second-order valence-electron chi connectivity index (χ2n) is 6.09. The molecule has 0 bridgehead atoms. The Morgan fingerprint density at radius 3 is 2.71 bits per heavy atom. The van der Waals surface area contributed by atoms with E-state index in [1.165, 1.54) is 19.2 Å². The first-order valence-electron chi connectivity index (χ1n) is 8.54. The maximum Gasteiger partial charge on any atom is 0.337 e. The molecular weight excluding hydrogens is 364 g/mol. The maximum atomic E-state index is 12.4. The van der Waals surface area contributed by atoms with Gasteiger partial charge in [0.1, 0.15) is 5.75 Å². The minimum atomic E-state index is -0.505. The molecule has 3 rings (SSSR count). The molecule has 0 spiro atoms. The molecule has 2 aromatic rings. The number of fused-ring (bicyclic) bond motifs is 1. The third-order valence-corrected chi connectivity index (χ3v) is 4.08. The topological polar surface area (TPSA) is 111 Å². The predicted molar refractivity (Wildman–Crippen MR) is 101 cm³/mol. The van der Waals surface area contributed by atoms with E-state index >= 15 is 0 Å². The molecule has 0 saturated carbocycles. The summed E-state index contributed by atoms with van der Waals surface area (Å²) >= 11 is 0. The number of Topliss-reactive ketones (excluding diaryl/α,β-unsaturated/α-hetero) is 1. The van der Waals surface area contributed by atoms with Crippen molar-refractivity contribution in [3.05, 3.63) is 53.6 Å². The minimum Gasteiger partial charge on any atom is -0.482 e. The quantitative estimate of drug-likeness (QED) is 0.586. The molecule has 0 fully saturated rings. The number of benzene rings is 2.